The molecule has 0 heteroatoms. The second kappa shape index (κ2) is 6.64. The van der Waals surface area contributed by atoms with Crippen LogP contribution in [0.5, 0.6) is 0 Å². The first-order valence-electron chi connectivity index (χ1n) is 7.01. The minimum Gasteiger partial charge on any atom is -0.0809 e. The Bertz CT molecular complexity index is 384. The SMILES string of the molecule is [C]#CC(CCCCC)c1ccc(C(C)(C)C)cc1. The van der Waals surface area contributed by atoms with Crippen LogP contribution in [0.15, 0.2) is 24.3 Å². The van der Waals surface area contributed by atoms with E-state index in [1.807, 2.05) is 0 Å². The molecule has 0 bridgehead atoms. The summed E-state index contributed by atoms with van der Waals surface area (Å²) in [6, 6.07) is 8.72. The zero-order chi connectivity index (χ0) is 13.6. The molecule has 1 aromatic rings. The standard InChI is InChI=1S/C18H25/c1-6-8-9-10-15(7-2)16-11-13-17(14-12-16)18(3,4)5/h11-15H,6,8-10H2,1,3-5H3. The van der Waals surface area contributed by atoms with Gasteiger partial charge in [-0.1, -0.05) is 77.1 Å². The molecular formula is C18H25. The fraction of sp³-hybridized carbons (Fsp3) is 0.556. The van der Waals surface area contributed by atoms with Gasteiger partial charge in [-0.25, -0.2) is 0 Å². The van der Waals surface area contributed by atoms with Gasteiger partial charge in [0.15, 0.2) is 0 Å². The van der Waals surface area contributed by atoms with Crippen LogP contribution in [-0.4, -0.2) is 0 Å². The average molecular weight is 241 g/mol. The van der Waals surface area contributed by atoms with Crippen LogP contribution < -0.4 is 0 Å². The minimum atomic E-state index is 0.172. The Morgan fingerprint density at radius 2 is 1.72 bits per heavy atom. The van der Waals surface area contributed by atoms with Crippen LogP contribution in [0.2, 0.25) is 0 Å². The van der Waals surface area contributed by atoms with Crippen LogP contribution in [0.3, 0.4) is 0 Å². The Morgan fingerprint density at radius 1 is 1.11 bits per heavy atom. The van der Waals surface area contributed by atoms with E-state index in [0.717, 1.165) is 6.42 Å². The third-order valence-corrected chi connectivity index (χ3v) is 3.45. The Kier molecular flexibility index (Phi) is 5.48. The number of rotatable bonds is 5. The van der Waals surface area contributed by atoms with Gasteiger partial charge < -0.3 is 0 Å². The lowest BCUT2D eigenvalue weighted by molar-refractivity contribution is 0.589. The third-order valence-electron chi connectivity index (χ3n) is 3.45. The van der Waals surface area contributed by atoms with Crippen LogP contribution >= 0.6 is 0 Å². The summed E-state index contributed by atoms with van der Waals surface area (Å²) in [5.41, 5.74) is 2.78. The van der Waals surface area contributed by atoms with E-state index < -0.39 is 0 Å². The Hall–Kier alpha value is -1.22. The molecule has 0 N–H and O–H groups in total. The molecule has 0 saturated heterocycles. The van der Waals surface area contributed by atoms with Gasteiger partial charge in [-0.3, -0.25) is 0 Å². The van der Waals surface area contributed by atoms with Crippen LogP contribution in [0.25, 0.3) is 0 Å². The topological polar surface area (TPSA) is 0 Å². The van der Waals surface area contributed by atoms with Crippen molar-refractivity contribution in [2.45, 2.75) is 64.7 Å². The Morgan fingerprint density at radius 3 is 2.17 bits per heavy atom. The fourth-order valence-corrected chi connectivity index (χ4v) is 2.14. The third kappa shape index (κ3) is 4.22. The number of hydrogen-bond donors (Lipinski definition) is 0. The molecule has 0 saturated carbocycles. The molecule has 0 aliphatic heterocycles. The summed E-state index contributed by atoms with van der Waals surface area (Å²) in [7, 11) is 0. The van der Waals surface area contributed by atoms with E-state index in [1.54, 1.807) is 0 Å². The highest BCUT2D eigenvalue weighted by Crippen LogP contribution is 2.26. The van der Waals surface area contributed by atoms with Crippen molar-refractivity contribution in [3.05, 3.63) is 41.8 Å². The zero-order valence-corrected chi connectivity index (χ0v) is 12.2. The Labute approximate surface area is 113 Å². The van der Waals surface area contributed by atoms with Crippen LogP contribution in [-0.2, 0) is 5.41 Å². The fourth-order valence-electron chi connectivity index (χ4n) is 2.14. The summed E-state index contributed by atoms with van der Waals surface area (Å²) in [6.45, 7) is 8.89. The van der Waals surface area contributed by atoms with Crippen molar-refractivity contribution in [2.24, 2.45) is 0 Å². The molecule has 1 atom stereocenters. The molecule has 0 amide bonds. The average Bonchev–Trinajstić information content (AvgIpc) is 2.34. The first-order valence-corrected chi connectivity index (χ1v) is 7.01. The van der Waals surface area contributed by atoms with Crippen molar-refractivity contribution in [2.75, 3.05) is 0 Å². The highest BCUT2D eigenvalue weighted by molar-refractivity contribution is 5.32. The summed E-state index contributed by atoms with van der Waals surface area (Å²) in [6.07, 6.45) is 12.2. The van der Waals surface area contributed by atoms with Gasteiger partial charge in [0.2, 0.25) is 0 Å². The Balaban J connectivity index is 2.74. The monoisotopic (exact) mass is 241 g/mol. The van der Waals surface area contributed by atoms with Crippen molar-refractivity contribution in [1.29, 1.82) is 0 Å². The molecule has 0 fully saturated rings. The molecule has 1 unspecified atom stereocenters. The predicted molar refractivity (Wildman–Crippen MR) is 79.2 cm³/mol. The van der Waals surface area contributed by atoms with Gasteiger partial charge in [0.1, 0.15) is 0 Å². The van der Waals surface area contributed by atoms with Gasteiger partial charge >= 0.3 is 0 Å². The van der Waals surface area contributed by atoms with Crippen LogP contribution in [0, 0.1) is 12.3 Å². The summed E-state index contributed by atoms with van der Waals surface area (Å²) in [5.74, 6) is 2.86. The highest BCUT2D eigenvalue weighted by atomic mass is 14.2. The van der Waals surface area contributed by atoms with Crippen molar-refractivity contribution < 1.29 is 0 Å². The molecule has 97 valence electrons. The number of unbranched alkanes of at least 4 members (excludes halogenated alkanes) is 2. The minimum absolute atomic E-state index is 0.172. The molecule has 18 heavy (non-hydrogen) atoms. The summed E-state index contributed by atoms with van der Waals surface area (Å²) in [4.78, 5) is 0. The molecule has 1 radical (unpaired) electrons. The van der Waals surface area contributed by atoms with Gasteiger partial charge in [-0.05, 0) is 29.4 Å². The molecule has 0 aromatic heterocycles. The zero-order valence-electron chi connectivity index (χ0n) is 12.2. The maximum absolute atomic E-state index is 7.46. The molecular weight excluding hydrogens is 216 g/mol. The summed E-state index contributed by atoms with van der Waals surface area (Å²) in [5, 5.41) is 0. The van der Waals surface area contributed by atoms with Gasteiger partial charge in [0.25, 0.3) is 0 Å². The van der Waals surface area contributed by atoms with Crippen molar-refractivity contribution in [3.63, 3.8) is 0 Å². The lowest BCUT2D eigenvalue weighted by atomic mass is 9.85. The van der Waals surface area contributed by atoms with E-state index in [1.165, 1.54) is 30.4 Å². The molecule has 0 aliphatic rings. The molecule has 0 nitrogen and oxygen atoms in total. The first kappa shape index (κ1) is 14.8. The van der Waals surface area contributed by atoms with E-state index in [-0.39, 0.29) is 11.3 Å². The van der Waals surface area contributed by atoms with Gasteiger partial charge in [0, 0.05) is 5.92 Å². The van der Waals surface area contributed by atoms with E-state index in [2.05, 4.69) is 57.9 Å². The molecule has 0 aliphatic carbocycles. The predicted octanol–water partition coefficient (Wildman–Crippen LogP) is 5.24. The first-order chi connectivity index (χ1) is 8.49. The maximum Gasteiger partial charge on any atom is 0.0462 e. The summed E-state index contributed by atoms with van der Waals surface area (Å²) >= 11 is 0. The quantitative estimate of drug-likeness (QED) is 0.488. The normalized spacial score (nSPS) is 13.1. The lowest BCUT2D eigenvalue weighted by Gasteiger charge is -2.20. The molecule has 0 spiro atoms. The van der Waals surface area contributed by atoms with E-state index in [9.17, 15) is 0 Å². The van der Waals surface area contributed by atoms with E-state index in [0.29, 0.717) is 0 Å². The lowest BCUT2D eigenvalue weighted by Crippen LogP contribution is -2.11. The van der Waals surface area contributed by atoms with Gasteiger partial charge in [-0.15, -0.1) is 0 Å². The second-order valence-corrected chi connectivity index (χ2v) is 6.06. The van der Waals surface area contributed by atoms with Crippen molar-refractivity contribution in [1.82, 2.24) is 0 Å². The van der Waals surface area contributed by atoms with Crippen LogP contribution in [0.4, 0.5) is 0 Å². The number of benzene rings is 1. The molecule has 1 aromatic carbocycles. The molecule has 1 rings (SSSR count). The number of hydrogen-bond acceptors (Lipinski definition) is 0. The van der Waals surface area contributed by atoms with Crippen LogP contribution in [0.1, 0.15) is 70.4 Å². The molecule has 0 heterocycles. The van der Waals surface area contributed by atoms with Crippen molar-refractivity contribution in [3.8, 4) is 5.92 Å². The van der Waals surface area contributed by atoms with Crippen molar-refractivity contribution >= 4 is 0 Å². The van der Waals surface area contributed by atoms with Gasteiger partial charge in [0.05, 0.1) is 0 Å². The van der Waals surface area contributed by atoms with Gasteiger partial charge in [-0.2, -0.15) is 0 Å². The van der Waals surface area contributed by atoms with E-state index >= 15 is 0 Å². The summed E-state index contributed by atoms with van der Waals surface area (Å²) < 4.78 is 0. The largest absolute Gasteiger partial charge is 0.0809 e. The smallest absolute Gasteiger partial charge is 0.0462 e. The van der Waals surface area contributed by atoms with E-state index in [4.69, 9.17) is 6.42 Å². The second-order valence-electron chi connectivity index (χ2n) is 6.06. The highest BCUT2D eigenvalue weighted by Gasteiger charge is 2.14. The maximum atomic E-state index is 7.46.